The standard InChI is InChI=1S/C16H23FN2O4S/c1-11-8-15(17)6-5-13(11)9-12(2)18-24(22,23)19-7-3-4-14(10-19)16(20)21/h5-6,8,12,14,18H,3-4,7,9-10H2,1-2H3,(H,20,21). The van der Waals surface area contributed by atoms with E-state index in [1.54, 1.807) is 19.9 Å². The summed E-state index contributed by atoms with van der Waals surface area (Å²) in [5.74, 6) is -1.95. The van der Waals surface area contributed by atoms with Gasteiger partial charge in [0.2, 0.25) is 0 Å². The molecule has 1 heterocycles. The van der Waals surface area contributed by atoms with Crippen LogP contribution in [0.15, 0.2) is 18.2 Å². The van der Waals surface area contributed by atoms with Gasteiger partial charge in [-0.05, 0) is 56.4 Å². The first-order chi connectivity index (χ1) is 11.2. The SMILES string of the molecule is Cc1cc(F)ccc1CC(C)NS(=O)(=O)N1CCCC(C(=O)O)C1. The Hall–Kier alpha value is -1.51. The number of carboxylic acid groups (broad SMARTS) is 1. The van der Waals surface area contributed by atoms with E-state index >= 15 is 0 Å². The first-order valence-corrected chi connectivity index (χ1v) is 9.38. The fraction of sp³-hybridized carbons (Fsp3) is 0.562. The van der Waals surface area contributed by atoms with Gasteiger partial charge in [-0.25, -0.2) is 4.39 Å². The van der Waals surface area contributed by atoms with Gasteiger partial charge in [0.15, 0.2) is 0 Å². The highest BCUT2D eigenvalue weighted by molar-refractivity contribution is 7.87. The molecule has 0 spiro atoms. The number of aliphatic carboxylic acids is 1. The third-order valence-electron chi connectivity index (χ3n) is 4.25. The number of aryl methyl sites for hydroxylation is 1. The summed E-state index contributed by atoms with van der Waals surface area (Å²) >= 11 is 0. The molecule has 0 saturated carbocycles. The van der Waals surface area contributed by atoms with Crippen LogP contribution in [0.2, 0.25) is 0 Å². The van der Waals surface area contributed by atoms with Crippen molar-refractivity contribution in [2.45, 2.75) is 39.2 Å². The molecule has 1 saturated heterocycles. The van der Waals surface area contributed by atoms with Crippen molar-refractivity contribution in [3.8, 4) is 0 Å². The molecule has 0 aromatic heterocycles. The van der Waals surface area contributed by atoms with E-state index in [1.807, 2.05) is 0 Å². The predicted molar refractivity (Wildman–Crippen MR) is 88.3 cm³/mol. The normalized spacial score (nSPS) is 20.7. The van der Waals surface area contributed by atoms with Crippen molar-refractivity contribution in [2.75, 3.05) is 13.1 Å². The monoisotopic (exact) mass is 358 g/mol. The predicted octanol–water partition coefficient (Wildman–Crippen LogP) is 1.70. The fourth-order valence-electron chi connectivity index (χ4n) is 2.95. The minimum atomic E-state index is -3.74. The molecule has 134 valence electrons. The summed E-state index contributed by atoms with van der Waals surface area (Å²) < 4.78 is 41.8. The highest BCUT2D eigenvalue weighted by Gasteiger charge is 2.32. The molecule has 2 rings (SSSR count). The van der Waals surface area contributed by atoms with Crippen molar-refractivity contribution in [3.05, 3.63) is 35.1 Å². The van der Waals surface area contributed by atoms with Gasteiger partial charge in [-0.3, -0.25) is 4.79 Å². The number of halogens is 1. The van der Waals surface area contributed by atoms with Gasteiger partial charge in [0.25, 0.3) is 10.2 Å². The van der Waals surface area contributed by atoms with Crippen molar-refractivity contribution in [1.82, 2.24) is 9.03 Å². The molecule has 1 aliphatic heterocycles. The molecule has 2 atom stereocenters. The molecule has 0 radical (unpaired) electrons. The lowest BCUT2D eigenvalue weighted by Gasteiger charge is -2.31. The summed E-state index contributed by atoms with van der Waals surface area (Å²) in [7, 11) is -3.74. The number of carboxylic acids is 1. The van der Waals surface area contributed by atoms with Crippen LogP contribution in [-0.4, -0.2) is 42.9 Å². The molecule has 2 N–H and O–H groups in total. The third kappa shape index (κ3) is 4.75. The Morgan fingerprint density at radius 1 is 1.50 bits per heavy atom. The zero-order valence-electron chi connectivity index (χ0n) is 13.8. The van der Waals surface area contributed by atoms with E-state index < -0.39 is 22.1 Å². The Bertz CT molecular complexity index is 708. The van der Waals surface area contributed by atoms with Crippen LogP contribution in [0, 0.1) is 18.7 Å². The molecule has 0 aliphatic carbocycles. The van der Waals surface area contributed by atoms with E-state index in [0.29, 0.717) is 25.8 Å². The lowest BCUT2D eigenvalue weighted by molar-refractivity contribution is -0.142. The number of carbonyl (C=O) groups is 1. The molecule has 0 bridgehead atoms. The summed E-state index contributed by atoms with van der Waals surface area (Å²) in [6, 6.07) is 4.03. The molecule has 24 heavy (non-hydrogen) atoms. The van der Waals surface area contributed by atoms with E-state index in [9.17, 15) is 17.6 Å². The number of piperidine rings is 1. The Balaban J connectivity index is 2.01. The second kappa shape index (κ2) is 7.58. The van der Waals surface area contributed by atoms with Gasteiger partial charge in [-0.15, -0.1) is 0 Å². The van der Waals surface area contributed by atoms with Gasteiger partial charge in [-0.1, -0.05) is 6.07 Å². The smallest absolute Gasteiger partial charge is 0.307 e. The van der Waals surface area contributed by atoms with Gasteiger partial charge in [0.05, 0.1) is 5.92 Å². The van der Waals surface area contributed by atoms with Crippen LogP contribution in [0.4, 0.5) is 4.39 Å². The van der Waals surface area contributed by atoms with E-state index in [1.165, 1.54) is 16.4 Å². The number of hydrogen-bond acceptors (Lipinski definition) is 3. The molecule has 8 heteroatoms. The van der Waals surface area contributed by atoms with Gasteiger partial charge >= 0.3 is 5.97 Å². The van der Waals surface area contributed by atoms with Crippen molar-refractivity contribution < 1.29 is 22.7 Å². The van der Waals surface area contributed by atoms with Crippen molar-refractivity contribution in [2.24, 2.45) is 5.92 Å². The molecule has 2 unspecified atom stereocenters. The van der Waals surface area contributed by atoms with E-state index in [0.717, 1.165) is 11.1 Å². The maximum absolute atomic E-state index is 13.1. The van der Waals surface area contributed by atoms with Crippen LogP contribution in [0.25, 0.3) is 0 Å². The van der Waals surface area contributed by atoms with Crippen molar-refractivity contribution >= 4 is 16.2 Å². The summed E-state index contributed by atoms with van der Waals surface area (Å²) in [5, 5.41) is 9.08. The summed E-state index contributed by atoms with van der Waals surface area (Å²) in [5.41, 5.74) is 1.64. The van der Waals surface area contributed by atoms with Crippen LogP contribution in [0.1, 0.15) is 30.9 Å². The minimum Gasteiger partial charge on any atom is -0.481 e. The zero-order valence-corrected chi connectivity index (χ0v) is 14.6. The van der Waals surface area contributed by atoms with E-state index in [2.05, 4.69) is 4.72 Å². The average molecular weight is 358 g/mol. The second-order valence-corrected chi connectivity index (χ2v) is 8.04. The fourth-order valence-corrected chi connectivity index (χ4v) is 4.44. The van der Waals surface area contributed by atoms with Gasteiger partial charge in [0, 0.05) is 19.1 Å². The summed E-state index contributed by atoms with van der Waals surface area (Å²) in [6.07, 6.45) is 1.45. The number of nitrogens with zero attached hydrogens (tertiary/aromatic N) is 1. The molecule has 6 nitrogen and oxygen atoms in total. The summed E-state index contributed by atoms with van der Waals surface area (Å²) in [4.78, 5) is 11.1. The Labute approximate surface area is 141 Å². The molecular weight excluding hydrogens is 335 g/mol. The lowest BCUT2D eigenvalue weighted by atomic mass is 10.0. The maximum Gasteiger partial charge on any atom is 0.307 e. The maximum atomic E-state index is 13.1. The summed E-state index contributed by atoms with van der Waals surface area (Å²) in [6.45, 7) is 3.83. The van der Waals surface area contributed by atoms with Crippen molar-refractivity contribution in [1.29, 1.82) is 0 Å². The molecule has 1 aromatic rings. The van der Waals surface area contributed by atoms with E-state index in [4.69, 9.17) is 5.11 Å². The van der Waals surface area contributed by atoms with Crippen LogP contribution in [0.5, 0.6) is 0 Å². The van der Waals surface area contributed by atoms with Gasteiger partial charge in [0.1, 0.15) is 5.82 Å². The first kappa shape index (κ1) is 18.8. The highest BCUT2D eigenvalue weighted by atomic mass is 32.2. The topological polar surface area (TPSA) is 86.7 Å². The average Bonchev–Trinajstić information content (AvgIpc) is 2.49. The van der Waals surface area contributed by atoms with Gasteiger partial charge < -0.3 is 5.11 Å². The largest absolute Gasteiger partial charge is 0.481 e. The zero-order chi connectivity index (χ0) is 17.9. The van der Waals surface area contributed by atoms with Crippen LogP contribution in [0.3, 0.4) is 0 Å². The number of nitrogens with one attached hydrogen (secondary N) is 1. The van der Waals surface area contributed by atoms with E-state index in [-0.39, 0.29) is 18.4 Å². The Morgan fingerprint density at radius 2 is 2.21 bits per heavy atom. The molecular formula is C16H23FN2O4S. The van der Waals surface area contributed by atoms with Gasteiger partial charge in [-0.2, -0.15) is 17.4 Å². The van der Waals surface area contributed by atoms with Crippen LogP contribution < -0.4 is 4.72 Å². The third-order valence-corrected chi connectivity index (χ3v) is 5.97. The molecule has 1 aromatic carbocycles. The Morgan fingerprint density at radius 3 is 2.83 bits per heavy atom. The molecule has 0 amide bonds. The molecule has 1 fully saturated rings. The number of benzene rings is 1. The molecule has 1 aliphatic rings. The first-order valence-electron chi connectivity index (χ1n) is 7.94. The quantitative estimate of drug-likeness (QED) is 0.810. The number of rotatable bonds is 6. The van der Waals surface area contributed by atoms with Crippen molar-refractivity contribution in [3.63, 3.8) is 0 Å². The number of hydrogen-bond donors (Lipinski definition) is 2. The Kier molecular flexibility index (Phi) is 5.95. The van der Waals surface area contributed by atoms with Crippen LogP contribution in [-0.2, 0) is 21.4 Å². The minimum absolute atomic E-state index is 0.00698. The highest BCUT2D eigenvalue weighted by Crippen LogP contribution is 2.19. The van der Waals surface area contributed by atoms with Crippen LogP contribution >= 0.6 is 0 Å². The lowest BCUT2D eigenvalue weighted by Crippen LogP contribution is -2.49. The second-order valence-electron chi connectivity index (χ2n) is 6.33.